The SMILES string of the molecule is CC[N+](CC)=C1/C=C\CCCCC1. The smallest absolute Gasteiger partial charge is 0.175 e. The van der Waals surface area contributed by atoms with Crippen molar-refractivity contribution in [2.24, 2.45) is 0 Å². The Morgan fingerprint density at radius 2 is 1.92 bits per heavy atom. The lowest BCUT2D eigenvalue weighted by atomic mass is 10.0. The zero-order valence-electron chi connectivity index (χ0n) is 9.05. The van der Waals surface area contributed by atoms with Crippen LogP contribution in [-0.4, -0.2) is 23.4 Å². The van der Waals surface area contributed by atoms with Crippen molar-refractivity contribution in [3.63, 3.8) is 0 Å². The molecule has 0 bridgehead atoms. The van der Waals surface area contributed by atoms with Gasteiger partial charge in [0.2, 0.25) is 0 Å². The fourth-order valence-corrected chi connectivity index (χ4v) is 1.94. The first kappa shape index (κ1) is 10.5. The lowest BCUT2D eigenvalue weighted by Gasteiger charge is -2.06. The second-order valence-corrected chi connectivity index (χ2v) is 3.67. The number of rotatable bonds is 2. The fraction of sp³-hybridized carbons (Fsp3) is 0.750. The molecule has 74 valence electrons. The van der Waals surface area contributed by atoms with Crippen LogP contribution in [0.4, 0.5) is 0 Å². The summed E-state index contributed by atoms with van der Waals surface area (Å²) in [4.78, 5) is 0. The number of hydrogen-bond donors (Lipinski definition) is 0. The second kappa shape index (κ2) is 5.95. The number of hydrogen-bond acceptors (Lipinski definition) is 0. The third kappa shape index (κ3) is 3.33. The first-order valence-corrected chi connectivity index (χ1v) is 5.65. The van der Waals surface area contributed by atoms with Crippen molar-refractivity contribution >= 4 is 5.71 Å². The molecule has 0 fully saturated rings. The van der Waals surface area contributed by atoms with Gasteiger partial charge in [0, 0.05) is 12.5 Å². The van der Waals surface area contributed by atoms with Gasteiger partial charge in [-0.3, -0.25) is 0 Å². The van der Waals surface area contributed by atoms with Crippen LogP contribution < -0.4 is 0 Å². The molecule has 0 heterocycles. The van der Waals surface area contributed by atoms with Crippen molar-refractivity contribution in [1.82, 2.24) is 0 Å². The third-order valence-corrected chi connectivity index (χ3v) is 2.78. The van der Waals surface area contributed by atoms with E-state index in [1.807, 2.05) is 0 Å². The maximum absolute atomic E-state index is 2.47. The Kier molecular flexibility index (Phi) is 4.81. The molecule has 0 aromatic rings. The van der Waals surface area contributed by atoms with Gasteiger partial charge < -0.3 is 0 Å². The van der Waals surface area contributed by atoms with Gasteiger partial charge >= 0.3 is 0 Å². The molecule has 0 amide bonds. The van der Waals surface area contributed by atoms with Crippen molar-refractivity contribution in [1.29, 1.82) is 0 Å². The molecule has 0 aromatic heterocycles. The van der Waals surface area contributed by atoms with Gasteiger partial charge in [-0.25, -0.2) is 4.58 Å². The van der Waals surface area contributed by atoms with Crippen LogP contribution in [0.5, 0.6) is 0 Å². The van der Waals surface area contributed by atoms with Crippen LogP contribution in [0.3, 0.4) is 0 Å². The molecule has 1 rings (SSSR count). The summed E-state index contributed by atoms with van der Waals surface area (Å²) in [7, 11) is 0. The van der Waals surface area contributed by atoms with Gasteiger partial charge in [0.1, 0.15) is 13.1 Å². The Hall–Kier alpha value is -0.590. The van der Waals surface area contributed by atoms with E-state index in [0.29, 0.717) is 0 Å². The summed E-state index contributed by atoms with van der Waals surface area (Å²) in [6.45, 7) is 6.78. The molecule has 0 radical (unpaired) electrons. The predicted molar refractivity (Wildman–Crippen MR) is 58.6 cm³/mol. The topological polar surface area (TPSA) is 3.01 Å². The first-order valence-electron chi connectivity index (χ1n) is 5.65. The Morgan fingerprint density at radius 3 is 2.62 bits per heavy atom. The third-order valence-electron chi connectivity index (χ3n) is 2.78. The summed E-state index contributed by atoms with van der Waals surface area (Å²) >= 11 is 0. The zero-order valence-corrected chi connectivity index (χ0v) is 9.05. The van der Waals surface area contributed by atoms with Crippen LogP contribution in [0.25, 0.3) is 0 Å². The van der Waals surface area contributed by atoms with Crippen molar-refractivity contribution in [3.8, 4) is 0 Å². The molecule has 0 unspecified atom stereocenters. The quantitative estimate of drug-likeness (QED) is 0.575. The summed E-state index contributed by atoms with van der Waals surface area (Å²) in [6, 6.07) is 0. The monoisotopic (exact) mass is 180 g/mol. The molecule has 0 aromatic carbocycles. The highest BCUT2D eigenvalue weighted by atomic mass is 15.0. The van der Waals surface area contributed by atoms with Gasteiger partial charge in [-0.15, -0.1) is 0 Å². The van der Waals surface area contributed by atoms with Crippen molar-refractivity contribution in [3.05, 3.63) is 12.2 Å². The summed E-state index contributed by atoms with van der Waals surface area (Å²) in [5.74, 6) is 0. The second-order valence-electron chi connectivity index (χ2n) is 3.67. The van der Waals surface area contributed by atoms with Gasteiger partial charge in [-0.2, -0.15) is 0 Å². The number of allylic oxidation sites excluding steroid dienone is 2. The first-order chi connectivity index (χ1) is 6.38. The highest BCUT2D eigenvalue weighted by Crippen LogP contribution is 2.09. The largest absolute Gasteiger partial charge is 0.234 e. The van der Waals surface area contributed by atoms with Crippen LogP contribution >= 0.6 is 0 Å². The molecule has 0 saturated heterocycles. The van der Waals surface area contributed by atoms with E-state index in [1.165, 1.54) is 32.1 Å². The van der Waals surface area contributed by atoms with E-state index in [4.69, 9.17) is 0 Å². The van der Waals surface area contributed by atoms with E-state index in [-0.39, 0.29) is 0 Å². The summed E-state index contributed by atoms with van der Waals surface area (Å²) in [5.41, 5.74) is 1.55. The molecule has 1 heteroatoms. The van der Waals surface area contributed by atoms with Gasteiger partial charge in [-0.1, -0.05) is 12.5 Å². The van der Waals surface area contributed by atoms with E-state index < -0.39 is 0 Å². The van der Waals surface area contributed by atoms with E-state index >= 15 is 0 Å². The number of nitrogens with zero attached hydrogens (tertiary/aromatic N) is 1. The Morgan fingerprint density at radius 1 is 1.15 bits per heavy atom. The maximum Gasteiger partial charge on any atom is 0.175 e. The van der Waals surface area contributed by atoms with E-state index in [9.17, 15) is 0 Å². The lowest BCUT2D eigenvalue weighted by molar-refractivity contribution is -0.521. The highest BCUT2D eigenvalue weighted by molar-refractivity contribution is 5.90. The van der Waals surface area contributed by atoms with Gasteiger partial charge in [0.25, 0.3) is 0 Å². The van der Waals surface area contributed by atoms with Crippen molar-refractivity contribution < 1.29 is 4.58 Å². The molecular weight excluding hydrogens is 158 g/mol. The Balaban J connectivity index is 2.72. The molecule has 0 saturated carbocycles. The molecule has 1 aliphatic carbocycles. The average molecular weight is 180 g/mol. The molecule has 1 aliphatic rings. The minimum Gasteiger partial charge on any atom is -0.234 e. The highest BCUT2D eigenvalue weighted by Gasteiger charge is 2.09. The van der Waals surface area contributed by atoms with E-state index in [1.54, 1.807) is 5.71 Å². The fourth-order valence-electron chi connectivity index (χ4n) is 1.94. The maximum atomic E-state index is 2.47. The van der Waals surface area contributed by atoms with Gasteiger partial charge in [0.05, 0.1) is 0 Å². The van der Waals surface area contributed by atoms with E-state index in [2.05, 4.69) is 30.6 Å². The Bertz CT molecular complexity index is 195. The van der Waals surface area contributed by atoms with Crippen molar-refractivity contribution in [2.45, 2.75) is 46.0 Å². The van der Waals surface area contributed by atoms with Crippen LogP contribution in [-0.2, 0) is 0 Å². The zero-order chi connectivity index (χ0) is 9.52. The summed E-state index contributed by atoms with van der Waals surface area (Å²) in [5, 5.41) is 0. The molecule has 0 N–H and O–H groups in total. The molecule has 0 aliphatic heterocycles. The molecule has 1 nitrogen and oxygen atoms in total. The van der Waals surface area contributed by atoms with Gasteiger partial charge in [0.15, 0.2) is 5.71 Å². The molecule has 0 spiro atoms. The van der Waals surface area contributed by atoms with Crippen LogP contribution in [0.15, 0.2) is 12.2 Å². The molecule has 13 heavy (non-hydrogen) atoms. The summed E-state index contributed by atoms with van der Waals surface area (Å²) < 4.78 is 2.47. The van der Waals surface area contributed by atoms with Gasteiger partial charge in [-0.05, 0) is 33.1 Å². The predicted octanol–water partition coefficient (Wildman–Crippen LogP) is 3.00. The van der Waals surface area contributed by atoms with E-state index in [0.717, 1.165) is 13.1 Å². The van der Waals surface area contributed by atoms with Crippen LogP contribution in [0.1, 0.15) is 46.0 Å². The standard InChI is InChI=1S/C12H22N/c1-3-13(4-2)12-10-8-6-5-7-9-11-12/h8,10H,3-7,9,11H2,1-2H3/q+1/b10-8-. The molecule has 0 atom stereocenters. The molecular formula is C12H22N+. The summed E-state index contributed by atoms with van der Waals surface area (Å²) in [6.07, 6.45) is 11.4. The minimum absolute atomic E-state index is 1.15. The van der Waals surface area contributed by atoms with Crippen LogP contribution in [0, 0.1) is 0 Å². The normalized spacial score (nSPS) is 20.6. The van der Waals surface area contributed by atoms with Crippen molar-refractivity contribution in [2.75, 3.05) is 13.1 Å². The minimum atomic E-state index is 1.15. The lowest BCUT2D eigenvalue weighted by Crippen LogP contribution is -2.20. The van der Waals surface area contributed by atoms with Crippen LogP contribution in [0.2, 0.25) is 0 Å². The Labute approximate surface area is 82.2 Å². The average Bonchev–Trinajstić information content (AvgIpc) is 2.09.